The average molecular weight is 1110 g/mol. The monoisotopic (exact) mass is 1110 g/mol. The molecule has 23 heteroatoms. The van der Waals surface area contributed by atoms with E-state index in [1.54, 1.807) is 25.2 Å². The molecule has 9 rings (SSSR count). The quantitative estimate of drug-likeness (QED) is 0.0922. The Balaban J connectivity index is 0. The van der Waals surface area contributed by atoms with Crippen molar-refractivity contribution in [3.63, 3.8) is 0 Å². The number of benzene rings is 7. The number of amides is 2. The van der Waals surface area contributed by atoms with Gasteiger partial charge in [0.25, 0.3) is 5.56 Å². The molecule has 2 heterocycles. The Labute approximate surface area is 487 Å². The zero-order valence-corrected chi connectivity index (χ0v) is 50.2. The Kier molecular flexibility index (Phi) is 39.5. The van der Waals surface area contributed by atoms with Crippen molar-refractivity contribution < 1.29 is 99.7 Å². The molecule has 0 atom stereocenters. The molecule has 0 fully saturated rings. The second kappa shape index (κ2) is 41.2. The molecule has 5 N–H and O–H groups in total. The maximum Gasteiger partial charge on any atom is 1.00 e. The number of aromatic nitrogens is 5. The molecule has 74 heavy (non-hydrogen) atoms. The van der Waals surface area contributed by atoms with Crippen molar-refractivity contribution in [1.29, 1.82) is 0 Å². The minimum Gasteiger partial charge on any atom is -0.748 e. The summed E-state index contributed by atoms with van der Waals surface area (Å²) in [5, 5.41) is 29.5. The minimum absolute atomic E-state index is 0. The number of carbonyl (C=O) groups excluding carboxylic acids is 1. The van der Waals surface area contributed by atoms with Crippen molar-refractivity contribution in [2.75, 3.05) is 38.1 Å². The second-order valence-electron chi connectivity index (χ2n) is 13.9. The molecule has 0 aliphatic rings. The molecule has 0 unspecified atom stereocenters. The third-order valence-electron chi connectivity index (χ3n) is 7.87. The summed E-state index contributed by atoms with van der Waals surface area (Å²) in [6, 6.07) is 57.3. The number of hydrogen-bond donors (Lipinski definition) is 5. The first-order valence-electron chi connectivity index (χ1n) is 22.0. The number of aliphatic hydroxyl groups excluding tert-OH is 1. The van der Waals surface area contributed by atoms with Crippen LogP contribution in [0.3, 0.4) is 0 Å². The van der Waals surface area contributed by atoms with Gasteiger partial charge < -0.3 is 29.6 Å². The van der Waals surface area contributed by atoms with Crippen LogP contribution in [0.25, 0.3) is 37.3 Å². The van der Waals surface area contributed by atoms with Gasteiger partial charge in [0.2, 0.25) is 4.77 Å². The number of nitrogens with zero attached hydrogens (tertiary/aromatic N) is 3. The van der Waals surface area contributed by atoms with Crippen LogP contribution in [-0.2, 0) is 20.2 Å². The normalized spacial score (nSPS) is 9.54. The van der Waals surface area contributed by atoms with Crippen molar-refractivity contribution in [1.82, 2.24) is 29.9 Å². The number of ether oxygens (including phenoxy) is 1. The van der Waals surface area contributed by atoms with Crippen LogP contribution in [-0.4, -0.2) is 94.4 Å². The third-order valence-corrected chi connectivity index (χ3v) is 8.99. The van der Waals surface area contributed by atoms with Crippen molar-refractivity contribution >= 4 is 87.3 Å². The van der Waals surface area contributed by atoms with Gasteiger partial charge in [-0.2, -0.15) is 5.21 Å². The number of hydrogen-bond acceptors (Lipinski definition) is 14. The van der Waals surface area contributed by atoms with E-state index >= 15 is 0 Å². The molecule has 386 valence electrons. The number of para-hydroxylation sites is 1. The molecule has 17 nitrogen and oxygen atoms in total. The number of H-pyrrole nitrogens is 2. The number of urea groups is 1. The van der Waals surface area contributed by atoms with Gasteiger partial charge in [0.1, 0.15) is 12.4 Å². The molecule has 2 amide bonds. The first-order chi connectivity index (χ1) is 34.4. The van der Waals surface area contributed by atoms with E-state index in [1.807, 2.05) is 74.5 Å². The smallest absolute Gasteiger partial charge is 0.748 e. The maximum atomic E-state index is 11.2. The van der Waals surface area contributed by atoms with Crippen LogP contribution >= 0.6 is 23.8 Å². The molecular formula is C51H61N7Na2O10S4. The summed E-state index contributed by atoms with van der Waals surface area (Å²) in [7, 11) is -6.28. The predicted molar refractivity (Wildman–Crippen MR) is 293 cm³/mol. The van der Waals surface area contributed by atoms with Crippen molar-refractivity contribution in [2.24, 2.45) is 0 Å². The molecule has 9 aromatic rings. The van der Waals surface area contributed by atoms with E-state index in [0.717, 1.165) is 21.5 Å². The third kappa shape index (κ3) is 33.7. The molecule has 0 spiro atoms. The Morgan fingerprint density at radius 2 is 1.11 bits per heavy atom. The first kappa shape index (κ1) is 71.0. The Morgan fingerprint density at radius 1 is 0.703 bits per heavy atom. The van der Waals surface area contributed by atoms with Gasteiger partial charge in [0, 0.05) is 25.2 Å². The van der Waals surface area contributed by atoms with Crippen LogP contribution in [0.1, 0.15) is 34.1 Å². The van der Waals surface area contributed by atoms with E-state index in [-0.39, 0.29) is 77.3 Å². The van der Waals surface area contributed by atoms with E-state index in [2.05, 4.69) is 141 Å². The Hall–Kier alpha value is -5.11. The van der Waals surface area contributed by atoms with Gasteiger partial charge in [-0.25, -0.2) is 26.3 Å². The van der Waals surface area contributed by atoms with Crippen molar-refractivity contribution in [2.45, 2.75) is 34.1 Å². The molecule has 0 radical (unpaired) electrons. The molecule has 0 saturated heterocycles. The van der Waals surface area contributed by atoms with Gasteiger partial charge in [-0.1, -0.05) is 189 Å². The number of rotatable bonds is 5. The SMILES string of the molecule is CC.CCC.CNC(=O)Nc1cccc(-n2[nH]nnc2=S)c1.CS(=O)(=O)[O-].CS(=O)(=O)[O-].O=c1[nH]sc2ccccc12.OCCOc1ccccc1.[Na+].[Na+].c1ccc2ccccc2c1.c1ccc2ccccc2c1. The topological polar surface area (TPSA) is 264 Å². The van der Waals surface area contributed by atoms with Crippen molar-refractivity contribution in [3.8, 4) is 11.4 Å². The summed E-state index contributed by atoms with van der Waals surface area (Å²) in [6.45, 7) is 8.68. The van der Waals surface area contributed by atoms with Gasteiger partial charge in [-0.3, -0.25) is 9.17 Å². The fourth-order valence-corrected chi connectivity index (χ4v) is 6.04. The summed E-state index contributed by atoms with van der Waals surface area (Å²) in [5.74, 6) is 0.802. The maximum absolute atomic E-state index is 11.2. The second-order valence-corrected chi connectivity index (χ2v) is 17.9. The summed E-state index contributed by atoms with van der Waals surface area (Å²) >= 11 is 6.36. The minimum atomic E-state index is -3.92. The number of nitrogens with one attached hydrogen (secondary N) is 4. The van der Waals surface area contributed by atoms with Gasteiger partial charge in [-0.15, -0.1) is 0 Å². The van der Waals surface area contributed by atoms with E-state index < -0.39 is 20.2 Å². The standard InChI is InChI=1S/2C10H8.C9H10N6OS.C8H10O2.C7H5NOS.C3H8.C2H6.2CH4O3S.2Na/c2*1-2-6-10-8-4-3-7-9(10)5-1;1-10-8(16)11-6-3-2-4-7(5-6)15-9(17)12-13-14-15;9-6-7-10-8-4-2-1-3-5-8;9-7-5-3-1-2-4-6(5)10-8-7;1-3-2;1-2;2*1-5(2,3)4;;/h2*1-8H;2-5H,1H3,(H2,10,11,16)(H,12,14,17);1-5,9H,6-7H2;1-4H,(H,8,9);3H2,1-2H3;1-2H3;2*1H3,(H,2,3,4);;/q;;;;;;;;;2*+1/p-2. The van der Waals surface area contributed by atoms with E-state index in [9.17, 15) is 9.59 Å². The van der Waals surface area contributed by atoms with Gasteiger partial charge >= 0.3 is 65.1 Å². The summed E-state index contributed by atoms with van der Waals surface area (Å²) in [4.78, 5) is 22.1. The number of anilines is 1. The molecule has 0 aliphatic carbocycles. The molecule has 0 bridgehead atoms. The number of aromatic amines is 2. The van der Waals surface area contributed by atoms with Crippen LogP contribution in [0.15, 0.2) is 181 Å². The van der Waals surface area contributed by atoms with E-state index in [4.69, 9.17) is 48.0 Å². The van der Waals surface area contributed by atoms with Crippen molar-refractivity contribution in [3.05, 3.63) is 191 Å². The fraction of sp³-hybridized carbons (Fsp3) is 0.196. The molecule has 0 saturated carbocycles. The Bertz CT molecular complexity index is 3000. The zero-order chi connectivity index (χ0) is 53.8. The summed E-state index contributed by atoms with van der Waals surface area (Å²) in [5.41, 5.74) is 1.41. The number of carbonyl (C=O) groups is 1. The predicted octanol–water partition coefficient (Wildman–Crippen LogP) is 4.18. The molecular weight excluding hydrogens is 1040 g/mol. The summed E-state index contributed by atoms with van der Waals surface area (Å²) < 4.78 is 65.1. The zero-order valence-electron chi connectivity index (χ0n) is 43.0. The largest absolute Gasteiger partial charge is 1.00 e. The van der Waals surface area contributed by atoms with Gasteiger partial charge in [-0.05, 0) is 76.2 Å². The van der Waals surface area contributed by atoms with Crippen LogP contribution in [0.5, 0.6) is 5.75 Å². The molecule has 0 aliphatic heterocycles. The van der Waals surface area contributed by atoms with E-state index in [1.165, 1.54) is 44.2 Å². The molecule has 7 aromatic carbocycles. The number of tetrazole rings is 1. The molecule has 2 aromatic heterocycles. The average Bonchev–Trinajstić information content (AvgIpc) is 3.99. The van der Waals surface area contributed by atoms with Crippen LogP contribution in [0.4, 0.5) is 10.5 Å². The summed E-state index contributed by atoms with van der Waals surface area (Å²) in [6.07, 6.45) is 2.46. The fourth-order valence-electron chi connectivity index (χ4n) is 5.13. The first-order valence-corrected chi connectivity index (χ1v) is 26.9. The van der Waals surface area contributed by atoms with Crippen LogP contribution < -0.4 is 80.0 Å². The van der Waals surface area contributed by atoms with Crippen LogP contribution in [0.2, 0.25) is 0 Å². The van der Waals surface area contributed by atoms with Crippen LogP contribution in [0, 0.1) is 4.77 Å². The number of fused-ring (bicyclic) bond motifs is 3. The number of aliphatic hydroxyl groups is 1. The van der Waals surface area contributed by atoms with E-state index in [0.29, 0.717) is 29.6 Å². The Morgan fingerprint density at radius 3 is 1.49 bits per heavy atom. The van der Waals surface area contributed by atoms with Gasteiger partial charge in [0.05, 0.1) is 42.6 Å². The van der Waals surface area contributed by atoms with Gasteiger partial charge in [0.15, 0.2) is 0 Å².